The number of hydrogen-bond acceptors (Lipinski definition) is 3. The Kier molecular flexibility index (Phi) is 3.54. The molecule has 2 rings (SSSR count). The fourth-order valence-corrected chi connectivity index (χ4v) is 2.80. The summed E-state index contributed by atoms with van der Waals surface area (Å²) in [5.74, 6) is -0.198. The Bertz CT molecular complexity index is 522. The maximum absolute atomic E-state index is 13.1. The Labute approximate surface area is 105 Å². The van der Waals surface area contributed by atoms with Gasteiger partial charge in [0.15, 0.2) is 0 Å². The minimum absolute atomic E-state index is 0.0364. The van der Waals surface area contributed by atoms with Gasteiger partial charge in [-0.05, 0) is 44.2 Å². The third-order valence-electron chi connectivity index (χ3n) is 2.72. The van der Waals surface area contributed by atoms with Gasteiger partial charge in [-0.15, -0.1) is 11.3 Å². The average Bonchev–Trinajstić information content (AvgIpc) is 2.69. The third kappa shape index (κ3) is 2.53. The average molecular weight is 250 g/mol. The van der Waals surface area contributed by atoms with E-state index in [1.807, 2.05) is 32.3 Å². The van der Waals surface area contributed by atoms with Crippen LogP contribution < -0.4 is 5.32 Å². The van der Waals surface area contributed by atoms with Gasteiger partial charge in [0.2, 0.25) is 0 Å². The van der Waals surface area contributed by atoms with Crippen molar-refractivity contribution in [3.05, 3.63) is 51.2 Å². The number of halogens is 1. The largest absolute Gasteiger partial charge is 0.307 e. The van der Waals surface area contributed by atoms with Crippen LogP contribution in [0.1, 0.15) is 27.9 Å². The Morgan fingerprint density at radius 1 is 1.35 bits per heavy atom. The first-order valence-electron chi connectivity index (χ1n) is 5.47. The molecule has 1 aromatic carbocycles. The molecule has 0 aliphatic heterocycles. The van der Waals surface area contributed by atoms with Crippen LogP contribution in [0.2, 0.25) is 0 Å². The topological polar surface area (TPSA) is 24.9 Å². The zero-order valence-corrected chi connectivity index (χ0v) is 10.9. The van der Waals surface area contributed by atoms with Gasteiger partial charge < -0.3 is 5.32 Å². The molecule has 1 aromatic heterocycles. The van der Waals surface area contributed by atoms with Crippen molar-refractivity contribution in [1.82, 2.24) is 10.3 Å². The number of hydrogen-bond donors (Lipinski definition) is 1. The van der Waals surface area contributed by atoms with Gasteiger partial charge in [0, 0.05) is 11.1 Å². The highest BCUT2D eigenvalue weighted by molar-refractivity contribution is 7.09. The summed E-state index contributed by atoms with van der Waals surface area (Å²) >= 11 is 1.62. The number of rotatable bonds is 3. The first-order valence-corrected chi connectivity index (χ1v) is 6.35. The Balaban J connectivity index is 2.42. The molecule has 0 aliphatic rings. The highest BCUT2D eigenvalue weighted by atomic mass is 32.1. The van der Waals surface area contributed by atoms with Crippen molar-refractivity contribution in [1.29, 1.82) is 0 Å². The van der Waals surface area contributed by atoms with Crippen LogP contribution in [-0.2, 0) is 0 Å². The van der Waals surface area contributed by atoms with Gasteiger partial charge in [0.25, 0.3) is 0 Å². The highest BCUT2D eigenvalue weighted by Crippen LogP contribution is 2.27. The number of thiazole rings is 1. The Morgan fingerprint density at radius 2 is 2.12 bits per heavy atom. The van der Waals surface area contributed by atoms with Crippen LogP contribution in [0.4, 0.5) is 4.39 Å². The molecule has 0 fully saturated rings. The van der Waals surface area contributed by atoms with E-state index in [4.69, 9.17) is 0 Å². The Morgan fingerprint density at radius 3 is 2.65 bits per heavy atom. The quantitative estimate of drug-likeness (QED) is 0.904. The molecular formula is C13H15FN2S. The van der Waals surface area contributed by atoms with E-state index in [1.165, 1.54) is 6.07 Å². The lowest BCUT2D eigenvalue weighted by Gasteiger charge is -2.16. The van der Waals surface area contributed by atoms with Gasteiger partial charge >= 0.3 is 0 Å². The molecule has 4 heteroatoms. The SMILES string of the molecule is CNC(c1nc(C)cs1)c1ccc(F)cc1C. The molecule has 0 spiro atoms. The predicted octanol–water partition coefficient (Wildman–Crippen LogP) is 3.21. The molecule has 0 saturated carbocycles. The van der Waals surface area contributed by atoms with Crippen molar-refractivity contribution in [3.63, 3.8) is 0 Å². The van der Waals surface area contributed by atoms with Crippen LogP contribution in [0.3, 0.4) is 0 Å². The van der Waals surface area contributed by atoms with Crippen molar-refractivity contribution in [2.75, 3.05) is 7.05 Å². The molecule has 2 aromatic rings. The van der Waals surface area contributed by atoms with E-state index in [0.29, 0.717) is 0 Å². The fourth-order valence-electron chi connectivity index (χ4n) is 1.88. The van der Waals surface area contributed by atoms with Crippen LogP contribution in [0.25, 0.3) is 0 Å². The predicted molar refractivity (Wildman–Crippen MR) is 68.9 cm³/mol. The molecule has 2 nitrogen and oxygen atoms in total. The van der Waals surface area contributed by atoms with E-state index in [-0.39, 0.29) is 11.9 Å². The van der Waals surface area contributed by atoms with Crippen molar-refractivity contribution in [3.8, 4) is 0 Å². The summed E-state index contributed by atoms with van der Waals surface area (Å²) in [7, 11) is 1.89. The first-order chi connectivity index (χ1) is 8.11. The number of nitrogens with zero attached hydrogens (tertiary/aromatic N) is 1. The zero-order chi connectivity index (χ0) is 12.4. The highest BCUT2D eigenvalue weighted by Gasteiger charge is 2.17. The van der Waals surface area contributed by atoms with E-state index in [1.54, 1.807) is 17.4 Å². The summed E-state index contributed by atoms with van der Waals surface area (Å²) in [6.45, 7) is 3.90. The summed E-state index contributed by atoms with van der Waals surface area (Å²) in [4.78, 5) is 4.48. The molecule has 1 unspecified atom stereocenters. The molecule has 17 heavy (non-hydrogen) atoms. The normalized spacial score (nSPS) is 12.7. The van der Waals surface area contributed by atoms with E-state index in [0.717, 1.165) is 21.8 Å². The molecule has 0 saturated heterocycles. The standard InChI is InChI=1S/C13H15FN2S/c1-8-6-10(14)4-5-11(8)12(15-3)13-16-9(2)7-17-13/h4-7,12,15H,1-3H3. The van der Waals surface area contributed by atoms with E-state index in [9.17, 15) is 4.39 Å². The molecule has 1 N–H and O–H groups in total. The van der Waals surface area contributed by atoms with Crippen LogP contribution >= 0.6 is 11.3 Å². The van der Waals surface area contributed by atoms with Gasteiger partial charge in [-0.1, -0.05) is 6.07 Å². The number of aromatic nitrogens is 1. The Hall–Kier alpha value is -1.26. The van der Waals surface area contributed by atoms with Crippen molar-refractivity contribution in [2.24, 2.45) is 0 Å². The number of benzene rings is 1. The van der Waals surface area contributed by atoms with Gasteiger partial charge in [0.1, 0.15) is 10.8 Å². The molecule has 0 radical (unpaired) electrons. The summed E-state index contributed by atoms with van der Waals surface area (Å²) < 4.78 is 13.1. The molecule has 0 aliphatic carbocycles. The van der Waals surface area contributed by atoms with Gasteiger partial charge in [-0.3, -0.25) is 0 Å². The second-order valence-corrected chi connectivity index (χ2v) is 4.94. The van der Waals surface area contributed by atoms with Crippen LogP contribution in [-0.4, -0.2) is 12.0 Å². The van der Waals surface area contributed by atoms with Gasteiger partial charge in [-0.2, -0.15) is 0 Å². The maximum Gasteiger partial charge on any atom is 0.123 e. The van der Waals surface area contributed by atoms with Crippen molar-refractivity contribution in [2.45, 2.75) is 19.9 Å². The van der Waals surface area contributed by atoms with E-state index < -0.39 is 0 Å². The molecule has 0 bridgehead atoms. The summed E-state index contributed by atoms with van der Waals surface area (Å²) in [6.07, 6.45) is 0. The second kappa shape index (κ2) is 4.94. The molecule has 1 atom stereocenters. The summed E-state index contributed by atoms with van der Waals surface area (Å²) in [6, 6.07) is 4.91. The van der Waals surface area contributed by atoms with Gasteiger partial charge in [0.05, 0.1) is 6.04 Å². The molecule has 90 valence electrons. The van der Waals surface area contributed by atoms with E-state index in [2.05, 4.69) is 10.3 Å². The number of nitrogens with one attached hydrogen (secondary N) is 1. The lowest BCUT2D eigenvalue weighted by atomic mass is 10.0. The van der Waals surface area contributed by atoms with Crippen molar-refractivity contribution >= 4 is 11.3 Å². The lowest BCUT2D eigenvalue weighted by molar-refractivity contribution is 0.620. The number of aryl methyl sites for hydroxylation is 2. The van der Waals surface area contributed by atoms with Crippen LogP contribution in [0.15, 0.2) is 23.6 Å². The van der Waals surface area contributed by atoms with Gasteiger partial charge in [-0.25, -0.2) is 9.37 Å². The second-order valence-electron chi connectivity index (χ2n) is 4.05. The monoisotopic (exact) mass is 250 g/mol. The molecular weight excluding hydrogens is 235 g/mol. The van der Waals surface area contributed by atoms with E-state index >= 15 is 0 Å². The molecule has 0 amide bonds. The lowest BCUT2D eigenvalue weighted by Crippen LogP contribution is -2.18. The summed E-state index contributed by atoms with van der Waals surface area (Å²) in [5, 5.41) is 6.27. The smallest absolute Gasteiger partial charge is 0.123 e. The first kappa shape index (κ1) is 12.2. The van der Waals surface area contributed by atoms with Crippen molar-refractivity contribution < 1.29 is 4.39 Å². The third-order valence-corrected chi connectivity index (χ3v) is 3.74. The maximum atomic E-state index is 13.1. The minimum atomic E-state index is -0.198. The fraction of sp³-hybridized carbons (Fsp3) is 0.308. The summed E-state index contributed by atoms with van der Waals surface area (Å²) in [5.41, 5.74) is 3.03. The minimum Gasteiger partial charge on any atom is -0.307 e. The molecule has 1 heterocycles. The zero-order valence-electron chi connectivity index (χ0n) is 10.1. The van der Waals surface area contributed by atoms with Crippen LogP contribution in [0, 0.1) is 19.7 Å². The van der Waals surface area contributed by atoms with Crippen LogP contribution in [0.5, 0.6) is 0 Å².